The highest BCUT2D eigenvalue weighted by Gasteiger charge is 2.04. The van der Waals surface area contributed by atoms with Gasteiger partial charge >= 0.3 is 6.09 Å². The lowest BCUT2D eigenvalue weighted by Crippen LogP contribution is -2.16. The maximum Gasteiger partial charge on any atom is 0.427 e. The topological polar surface area (TPSA) is 59.9 Å². The number of benzene rings is 2. The molecule has 114 valence electrons. The minimum Gasteiger partial charge on any atom is -0.488 e. The number of nitrogens with zero attached hydrogens (tertiary/aromatic N) is 1. The molecule has 1 amide bonds. The molecule has 0 aliphatic carbocycles. The number of methoxy groups -OCH3 is 1. The Bertz CT molecular complexity index is 674. The minimum atomic E-state index is -0.666. The standard InChI is InChI=1S/C16H15FN2O3/c1-21-16(20)19-18-10-12-6-3-5-9-15(12)22-11-13-7-2-4-8-14(13)17/h2-10H,11H2,1H3,(H,19,20)/b18-10-. The predicted octanol–water partition coefficient (Wildman–Crippen LogP) is 3.09. The lowest BCUT2D eigenvalue weighted by molar-refractivity contribution is 0.171. The molecule has 6 heteroatoms. The Kier molecular flexibility index (Phi) is 5.48. The molecule has 0 bridgehead atoms. The van der Waals surface area contributed by atoms with Crippen molar-refractivity contribution in [2.75, 3.05) is 7.11 Å². The second-order valence-corrected chi connectivity index (χ2v) is 4.28. The van der Waals surface area contributed by atoms with Crippen LogP contribution in [0.1, 0.15) is 11.1 Å². The lowest BCUT2D eigenvalue weighted by Gasteiger charge is -2.09. The molecule has 0 saturated heterocycles. The number of hydrazone groups is 1. The summed E-state index contributed by atoms with van der Waals surface area (Å²) in [4.78, 5) is 10.9. The Labute approximate surface area is 127 Å². The average Bonchev–Trinajstić information content (AvgIpc) is 2.55. The van der Waals surface area contributed by atoms with Gasteiger partial charge in [0.25, 0.3) is 0 Å². The quantitative estimate of drug-likeness (QED) is 0.682. The molecule has 2 aromatic carbocycles. The van der Waals surface area contributed by atoms with Crippen LogP contribution in [0, 0.1) is 5.82 Å². The Morgan fingerprint density at radius 3 is 2.73 bits per heavy atom. The Morgan fingerprint density at radius 1 is 1.23 bits per heavy atom. The molecule has 0 atom stereocenters. The molecule has 5 nitrogen and oxygen atoms in total. The minimum absolute atomic E-state index is 0.0992. The van der Waals surface area contributed by atoms with Crippen LogP contribution in [0.3, 0.4) is 0 Å². The van der Waals surface area contributed by atoms with Crippen molar-refractivity contribution < 1.29 is 18.7 Å². The zero-order valence-corrected chi connectivity index (χ0v) is 12.0. The summed E-state index contributed by atoms with van der Waals surface area (Å²) in [7, 11) is 1.25. The third-order valence-electron chi connectivity index (χ3n) is 2.80. The molecular formula is C16H15FN2O3. The summed E-state index contributed by atoms with van der Waals surface area (Å²) in [5, 5.41) is 3.74. The predicted molar refractivity (Wildman–Crippen MR) is 80.3 cm³/mol. The van der Waals surface area contributed by atoms with Crippen molar-refractivity contribution in [3.8, 4) is 5.75 Å². The first-order chi connectivity index (χ1) is 10.7. The van der Waals surface area contributed by atoms with Crippen LogP contribution in [-0.2, 0) is 11.3 Å². The smallest absolute Gasteiger partial charge is 0.427 e. The molecule has 0 radical (unpaired) electrons. The van der Waals surface area contributed by atoms with Crippen molar-refractivity contribution in [3.05, 3.63) is 65.5 Å². The summed E-state index contributed by atoms with van der Waals surface area (Å²) >= 11 is 0. The fourth-order valence-corrected chi connectivity index (χ4v) is 1.69. The van der Waals surface area contributed by atoms with E-state index >= 15 is 0 Å². The van der Waals surface area contributed by atoms with Crippen LogP contribution >= 0.6 is 0 Å². The summed E-state index contributed by atoms with van der Waals surface area (Å²) in [5.74, 6) is 0.210. The number of nitrogens with one attached hydrogen (secondary N) is 1. The van der Waals surface area contributed by atoms with Gasteiger partial charge in [-0.15, -0.1) is 0 Å². The van der Waals surface area contributed by atoms with Gasteiger partial charge in [-0.05, 0) is 18.2 Å². The van der Waals surface area contributed by atoms with E-state index in [0.717, 1.165) is 0 Å². The van der Waals surface area contributed by atoms with Gasteiger partial charge in [0, 0.05) is 11.1 Å². The van der Waals surface area contributed by atoms with Gasteiger partial charge in [-0.1, -0.05) is 30.3 Å². The van der Waals surface area contributed by atoms with Crippen LogP contribution in [0.15, 0.2) is 53.6 Å². The first-order valence-electron chi connectivity index (χ1n) is 6.53. The number of hydrogen-bond acceptors (Lipinski definition) is 4. The molecule has 1 N–H and O–H groups in total. The molecule has 0 heterocycles. The maximum absolute atomic E-state index is 13.6. The van der Waals surface area contributed by atoms with Crippen LogP contribution in [-0.4, -0.2) is 19.4 Å². The van der Waals surface area contributed by atoms with Crippen molar-refractivity contribution in [1.82, 2.24) is 5.43 Å². The van der Waals surface area contributed by atoms with E-state index in [1.165, 1.54) is 19.4 Å². The number of carbonyl (C=O) groups is 1. The van der Waals surface area contributed by atoms with Gasteiger partial charge in [0.2, 0.25) is 0 Å². The molecule has 0 fully saturated rings. The average molecular weight is 302 g/mol. The molecule has 2 rings (SSSR count). The molecule has 22 heavy (non-hydrogen) atoms. The third kappa shape index (κ3) is 4.31. The van der Waals surface area contributed by atoms with Crippen LogP contribution in [0.5, 0.6) is 5.75 Å². The van der Waals surface area contributed by atoms with E-state index in [1.807, 2.05) is 0 Å². The maximum atomic E-state index is 13.6. The Morgan fingerprint density at radius 2 is 1.95 bits per heavy atom. The van der Waals surface area contributed by atoms with Crippen molar-refractivity contribution in [1.29, 1.82) is 0 Å². The second-order valence-electron chi connectivity index (χ2n) is 4.28. The van der Waals surface area contributed by atoms with Gasteiger partial charge in [0.1, 0.15) is 18.2 Å². The number of hydrogen-bond donors (Lipinski definition) is 1. The van der Waals surface area contributed by atoms with Crippen molar-refractivity contribution in [2.45, 2.75) is 6.61 Å². The van der Waals surface area contributed by atoms with Crippen LogP contribution in [0.4, 0.5) is 9.18 Å². The van der Waals surface area contributed by atoms with Crippen molar-refractivity contribution >= 4 is 12.3 Å². The Hall–Kier alpha value is -2.89. The lowest BCUT2D eigenvalue weighted by atomic mass is 10.2. The summed E-state index contributed by atoms with van der Waals surface area (Å²) < 4.78 is 23.6. The van der Waals surface area contributed by atoms with E-state index in [4.69, 9.17) is 4.74 Å². The van der Waals surface area contributed by atoms with Gasteiger partial charge in [0.15, 0.2) is 0 Å². The highest BCUT2D eigenvalue weighted by molar-refractivity contribution is 5.84. The fourth-order valence-electron chi connectivity index (χ4n) is 1.69. The van der Waals surface area contributed by atoms with Crippen LogP contribution < -0.4 is 10.2 Å². The molecule has 0 spiro atoms. The van der Waals surface area contributed by atoms with Gasteiger partial charge in [-0.25, -0.2) is 14.6 Å². The summed E-state index contributed by atoms with van der Waals surface area (Å²) in [6.45, 7) is 0.0992. The molecule has 0 aliphatic rings. The van der Waals surface area contributed by atoms with E-state index in [-0.39, 0.29) is 12.4 Å². The van der Waals surface area contributed by atoms with E-state index in [1.54, 1.807) is 42.5 Å². The SMILES string of the molecule is COC(=O)N/N=C\c1ccccc1OCc1ccccc1F. The summed E-state index contributed by atoms with van der Waals surface area (Å²) in [5.41, 5.74) is 3.29. The molecule has 2 aromatic rings. The van der Waals surface area contributed by atoms with Crippen LogP contribution in [0.2, 0.25) is 0 Å². The number of para-hydroxylation sites is 1. The van der Waals surface area contributed by atoms with Crippen molar-refractivity contribution in [3.63, 3.8) is 0 Å². The molecular weight excluding hydrogens is 287 g/mol. The van der Waals surface area contributed by atoms with Gasteiger partial charge in [-0.3, -0.25) is 0 Å². The van der Waals surface area contributed by atoms with E-state index in [9.17, 15) is 9.18 Å². The summed E-state index contributed by atoms with van der Waals surface area (Å²) in [6.07, 6.45) is 0.758. The fraction of sp³-hybridized carbons (Fsp3) is 0.125. The number of amides is 1. The normalized spacial score (nSPS) is 10.5. The molecule has 0 aliphatic heterocycles. The number of rotatable bonds is 5. The number of carbonyl (C=O) groups excluding carboxylic acids is 1. The molecule has 0 unspecified atom stereocenters. The first-order valence-corrected chi connectivity index (χ1v) is 6.53. The highest BCUT2D eigenvalue weighted by atomic mass is 19.1. The van der Waals surface area contributed by atoms with E-state index < -0.39 is 6.09 Å². The zero-order chi connectivity index (χ0) is 15.8. The first kappa shape index (κ1) is 15.5. The monoisotopic (exact) mass is 302 g/mol. The second kappa shape index (κ2) is 7.78. The molecule has 0 saturated carbocycles. The largest absolute Gasteiger partial charge is 0.488 e. The Balaban J connectivity index is 2.05. The van der Waals surface area contributed by atoms with Gasteiger partial charge < -0.3 is 9.47 Å². The van der Waals surface area contributed by atoms with Gasteiger partial charge in [0.05, 0.1) is 13.3 Å². The zero-order valence-electron chi connectivity index (χ0n) is 12.0. The molecule has 0 aromatic heterocycles. The number of halogens is 1. The highest BCUT2D eigenvalue weighted by Crippen LogP contribution is 2.18. The number of ether oxygens (including phenoxy) is 2. The summed E-state index contributed by atoms with van der Waals surface area (Å²) in [6, 6.07) is 13.5. The van der Waals surface area contributed by atoms with E-state index in [2.05, 4.69) is 15.3 Å². The van der Waals surface area contributed by atoms with Crippen LogP contribution in [0.25, 0.3) is 0 Å². The van der Waals surface area contributed by atoms with E-state index in [0.29, 0.717) is 16.9 Å². The third-order valence-corrected chi connectivity index (χ3v) is 2.80. The van der Waals surface area contributed by atoms with Crippen molar-refractivity contribution in [2.24, 2.45) is 5.10 Å². The van der Waals surface area contributed by atoms with Gasteiger partial charge in [-0.2, -0.15) is 5.10 Å².